The van der Waals surface area contributed by atoms with Crippen LogP contribution < -0.4 is 15.4 Å². The molecule has 11 nitrogen and oxygen atoms in total. The molecule has 7 aromatic carbocycles. The molecule has 1 spiro atoms. The molecule has 1 atom stereocenters. The molecule has 1 fully saturated rings. The van der Waals surface area contributed by atoms with E-state index in [9.17, 15) is 31.1 Å². The van der Waals surface area contributed by atoms with Gasteiger partial charge in [-0.15, -0.1) is 0 Å². The number of carbonyl (C=O) groups excluding carboxylic acids is 2. The minimum absolute atomic E-state index is 0.00760. The van der Waals surface area contributed by atoms with Gasteiger partial charge in [0.25, 0.3) is 5.91 Å². The van der Waals surface area contributed by atoms with Crippen molar-refractivity contribution in [3.63, 3.8) is 0 Å². The van der Waals surface area contributed by atoms with Gasteiger partial charge in [0.1, 0.15) is 23.6 Å². The molecule has 7 aromatic rings. The number of carbonyl (C=O) groups is 2. The normalized spacial score (nSPS) is 19.2. The Morgan fingerprint density at radius 1 is 0.745 bits per heavy atom. The summed E-state index contributed by atoms with van der Waals surface area (Å²) in [4.78, 5) is 40.0. The van der Waals surface area contributed by atoms with Gasteiger partial charge in [0, 0.05) is 132 Å². The zero-order valence-electron chi connectivity index (χ0n) is 53.1. The minimum Gasteiger partial charge on any atom is -0.456 e. The number of fused-ring (bicyclic) bond motifs is 12. The quantitative estimate of drug-likeness (QED) is 0.0358. The van der Waals surface area contributed by atoms with Crippen LogP contribution in [-0.2, 0) is 34.5 Å². The second-order valence-electron chi connectivity index (χ2n) is 25.9. The number of nitrogens with zero attached hydrogens (tertiary/aromatic N) is 7. The molecule has 94 heavy (non-hydrogen) atoms. The Hall–Kier alpha value is -8.74. The van der Waals surface area contributed by atoms with E-state index < -0.39 is 34.7 Å². The molecule has 0 bridgehead atoms. The molecule has 482 valence electrons. The van der Waals surface area contributed by atoms with Gasteiger partial charge in [0.05, 0.1) is 27.9 Å². The number of hydrogen-bond donors (Lipinski definition) is 1. The van der Waals surface area contributed by atoms with Crippen LogP contribution in [0.1, 0.15) is 128 Å². The van der Waals surface area contributed by atoms with Gasteiger partial charge in [0.2, 0.25) is 11.6 Å². The Kier molecular flexibility index (Phi) is 16.4. The van der Waals surface area contributed by atoms with Gasteiger partial charge in [-0.2, -0.15) is 41.1 Å². The first-order valence-corrected chi connectivity index (χ1v) is 33.5. The highest BCUT2D eigenvalue weighted by Crippen LogP contribution is 2.59. The number of alkyl halides is 6. The summed E-state index contributed by atoms with van der Waals surface area (Å²) in [5.74, 6) is 1.60. The molecule has 0 radical (unpaired) electrons. The maximum atomic E-state index is 15.0. The molecule has 5 heterocycles. The van der Waals surface area contributed by atoms with E-state index in [1.807, 2.05) is 47.4 Å². The number of nitrogens with two attached hydrogens (primary N) is 1. The number of benzene rings is 7. The topological polar surface area (TPSA) is 110 Å². The first kappa shape index (κ1) is 62.7. The van der Waals surface area contributed by atoms with Gasteiger partial charge >= 0.3 is 12.4 Å². The molecular weight excluding hydrogens is 1220 g/mol. The molecule has 0 aromatic heterocycles. The van der Waals surface area contributed by atoms with Crippen LogP contribution in [0.2, 0.25) is 0 Å². The molecule has 2 aliphatic carbocycles. The summed E-state index contributed by atoms with van der Waals surface area (Å²) in [5.41, 5.74) is 16.6. The Balaban J connectivity index is 0.662. The highest BCUT2D eigenvalue weighted by Gasteiger charge is 2.58. The third-order valence-corrected chi connectivity index (χ3v) is 21.4. The molecule has 0 saturated carbocycles. The predicted molar refractivity (Wildman–Crippen MR) is 360 cm³/mol. The number of hydrogen-bond acceptors (Lipinski definition) is 9. The fraction of sp³-hybridized carbons (Fsp3) is 0.329. The number of halogens is 6. The van der Waals surface area contributed by atoms with E-state index in [4.69, 9.17) is 10.5 Å². The number of nitrogen functional groups attached to an aromatic ring is 1. The van der Waals surface area contributed by atoms with Gasteiger partial charge in [0.15, 0.2) is 5.71 Å². The average Bonchev–Trinajstić information content (AvgIpc) is 1.44. The zero-order chi connectivity index (χ0) is 65.4. The van der Waals surface area contributed by atoms with Gasteiger partial charge < -0.3 is 25.2 Å². The van der Waals surface area contributed by atoms with Crippen LogP contribution in [0, 0.1) is 0 Å². The van der Waals surface area contributed by atoms with Crippen molar-refractivity contribution < 1.29 is 45.2 Å². The Bertz CT molecular complexity index is 4420. The highest BCUT2D eigenvalue weighted by atomic mass is 32.2. The number of unbranched alkanes of at least 4 members (excludes halogenated alkanes) is 1. The van der Waals surface area contributed by atoms with Crippen LogP contribution in [0.3, 0.4) is 0 Å². The number of aryl methyl sites for hydroxylation is 1. The van der Waals surface area contributed by atoms with Crippen LogP contribution in [0.15, 0.2) is 182 Å². The number of rotatable bonds is 15. The number of anilines is 2. The van der Waals surface area contributed by atoms with Crippen molar-refractivity contribution in [1.29, 1.82) is 0 Å². The van der Waals surface area contributed by atoms with E-state index in [0.717, 1.165) is 112 Å². The Labute approximate surface area is 547 Å². The average molecular weight is 1290 g/mol. The third kappa shape index (κ3) is 11.2. The van der Waals surface area contributed by atoms with Gasteiger partial charge in [-0.1, -0.05) is 72.4 Å². The van der Waals surface area contributed by atoms with E-state index in [1.165, 1.54) is 33.3 Å². The summed E-state index contributed by atoms with van der Waals surface area (Å²) in [6, 6.07) is 39.9. The lowest BCUT2D eigenvalue weighted by Crippen LogP contribution is -2.54. The standard InChI is InChI=1S/C76H73F6N8O3S/c1-5-87(6-2)57-27-28-59-49(41-57)22-29-63-70(59)93-65-45-54(83)25-30-62(65)74(63)61-19-10-9-18-60(61)72(92)90(74)39-36-86-34-37-88(38-35-86)68(91)20-11-12-33-89-64-31-23-47-14-7-8-17-58(47)69(64)73(3,4)67(89)32-24-48-15-13-16-51-40-50-21-26-55(46-66(50)94-71(48)51)84-85-56-43-52(75(77,78)79)42-53(44-56)76(80,81)82/h7-10,14,17-19,21,23-28,30-32,40-46H,5-6,11-13,15-16,20,22,29,33-39,83H2,1-4H3/q+1. The van der Waals surface area contributed by atoms with Crippen molar-refractivity contribution >= 4 is 80.3 Å². The fourth-order valence-electron chi connectivity index (χ4n) is 15.5. The van der Waals surface area contributed by atoms with Crippen molar-refractivity contribution in [1.82, 2.24) is 14.7 Å². The number of ether oxygens (including phenoxy) is 1. The first-order chi connectivity index (χ1) is 45.2. The fourth-order valence-corrected chi connectivity index (χ4v) is 16.7. The third-order valence-electron chi connectivity index (χ3n) is 20.1. The van der Waals surface area contributed by atoms with Crippen molar-refractivity contribution in [2.24, 2.45) is 10.2 Å². The minimum atomic E-state index is -5.01. The van der Waals surface area contributed by atoms with E-state index in [0.29, 0.717) is 93.5 Å². The second kappa shape index (κ2) is 24.5. The largest absolute Gasteiger partial charge is 0.456 e. The molecule has 18 heteroatoms. The van der Waals surface area contributed by atoms with Crippen LogP contribution in [0.25, 0.3) is 22.6 Å². The molecule has 1 unspecified atom stereocenters. The SMILES string of the molecule is CCN(CC)c1ccc2c(c1)CCC1=C2Oc2cc(N)ccc2C12c1ccccc1C(=O)N2CCN1CCN(C(=O)CCCC[N+]2=C(/C=C/C3=C4Sc5cc(N=Nc6cc(C(F)(F)F)cc(C(F)(F)F)c6)ccc5C=C4CCC3)C(C)(C)c3c2ccc2ccccc32)CC1. The van der Waals surface area contributed by atoms with Crippen molar-refractivity contribution in [3.8, 4) is 5.75 Å². The van der Waals surface area contributed by atoms with E-state index >= 15 is 4.79 Å². The summed E-state index contributed by atoms with van der Waals surface area (Å²) in [6.45, 7) is 15.1. The van der Waals surface area contributed by atoms with Gasteiger partial charge in [-0.05, 0) is 178 Å². The summed E-state index contributed by atoms with van der Waals surface area (Å²) in [7, 11) is 0. The number of amides is 2. The Morgan fingerprint density at radius 2 is 1.50 bits per heavy atom. The highest BCUT2D eigenvalue weighted by molar-refractivity contribution is 8.03. The molecule has 5 aliphatic heterocycles. The van der Waals surface area contributed by atoms with Gasteiger partial charge in [-0.3, -0.25) is 14.5 Å². The zero-order valence-corrected chi connectivity index (χ0v) is 53.9. The summed E-state index contributed by atoms with van der Waals surface area (Å²) in [5, 5.41) is 10.3. The van der Waals surface area contributed by atoms with Gasteiger partial charge in [-0.25, -0.2) is 0 Å². The lowest BCUT2D eigenvalue weighted by molar-refractivity contribution is -0.438. The smallest absolute Gasteiger partial charge is 0.416 e. The maximum absolute atomic E-state index is 15.0. The molecule has 14 rings (SSSR count). The number of azo groups is 1. The first-order valence-electron chi connectivity index (χ1n) is 32.7. The summed E-state index contributed by atoms with van der Waals surface area (Å²) >= 11 is 1.59. The van der Waals surface area contributed by atoms with Crippen LogP contribution in [0.5, 0.6) is 5.75 Å². The van der Waals surface area contributed by atoms with Crippen LogP contribution >= 0.6 is 11.8 Å². The number of thioether (sulfide) groups is 1. The lowest BCUT2D eigenvalue weighted by atomic mass is 9.70. The summed E-state index contributed by atoms with van der Waals surface area (Å²) < 4.78 is 91.2. The number of allylic oxidation sites excluding steroid dienone is 4. The van der Waals surface area contributed by atoms with Crippen LogP contribution in [-0.4, -0.2) is 95.7 Å². The molecule has 1 saturated heterocycles. The second-order valence-corrected chi connectivity index (χ2v) is 27.0. The molecule has 7 aliphatic rings. The van der Waals surface area contributed by atoms with E-state index in [1.54, 1.807) is 23.9 Å². The molecular formula is C76H73F6N8O3S+. The maximum Gasteiger partial charge on any atom is 0.416 e. The number of piperazine rings is 1. The summed E-state index contributed by atoms with van der Waals surface area (Å²) in [6.07, 6.45) is 2.77. The van der Waals surface area contributed by atoms with Crippen molar-refractivity contribution in [2.75, 3.05) is 69.5 Å². The van der Waals surface area contributed by atoms with Crippen LogP contribution in [0.4, 0.5) is 54.8 Å². The monoisotopic (exact) mass is 1290 g/mol. The molecule has 2 N–H and O–H groups in total. The van der Waals surface area contributed by atoms with E-state index in [-0.39, 0.29) is 23.3 Å². The van der Waals surface area contributed by atoms with Crippen molar-refractivity contribution in [3.05, 3.63) is 217 Å². The van der Waals surface area contributed by atoms with Crippen molar-refractivity contribution in [2.45, 2.75) is 107 Å². The lowest BCUT2D eigenvalue weighted by Gasteiger charge is -2.48. The Morgan fingerprint density at radius 3 is 2.28 bits per heavy atom. The molecule has 2 amide bonds. The predicted octanol–water partition coefficient (Wildman–Crippen LogP) is 17.7. The van der Waals surface area contributed by atoms with E-state index in [2.05, 4.69) is 136 Å².